The van der Waals surface area contributed by atoms with Crippen molar-refractivity contribution in [3.8, 4) is 0 Å². The minimum Gasteiger partial charge on any atom is -0.481 e. The monoisotopic (exact) mass is 200 g/mol. The van der Waals surface area contributed by atoms with E-state index in [1.54, 1.807) is 12.2 Å². The highest BCUT2D eigenvalue weighted by atomic mass is 27.0. The second-order valence-electron chi connectivity index (χ2n) is 2.83. The van der Waals surface area contributed by atoms with E-state index in [1.165, 1.54) is 0 Å². The zero-order chi connectivity index (χ0) is 9.14. The van der Waals surface area contributed by atoms with Gasteiger partial charge in [-0.1, -0.05) is 12.2 Å². The number of allylic oxidation sites excluding steroid dienone is 2. The smallest absolute Gasteiger partial charge is 0.307 e. The van der Waals surface area contributed by atoms with Gasteiger partial charge in [-0.3, -0.25) is 9.59 Å². The van der Waals surface area contributed by atoms with Crippen molar-refractivity contribution in [2.45, 2.75) is 12.8 Å². The number of aliphatic carboxylic acids is 2. The minimum absolute atomic E-state index is 0. The van der Waals surface area contributed by atoms with E-state index in [4.69, 9.17) is 10.2 Å². The summed E-state index contributed by atoms with van der Waals surface area (Å²) in [5, 5.41) is 17.3. The third-order valence-corrected chi connectivity index (χ3v) is 2.07. The predicted octanol–water partition coefficient (Wildman–Crippen LogP) is -0.446. The van der Waals surface area contributed by atoms with Crippen molar-refractivity contribution >= 4 is 29.3 Å². The molecule has 0 aliphatic heterocycles. The van der Waals surface area contributed by atoms with Crippen LogP contribution in [0.3, 0.4) is 0 Å². The van der Waals surface area contributed by atoms with Crippen LogP contribution in [0.5, 0.6) is 0 Å². The van der Waals surface area contributed by atoms with Crippen LogP contribution in [0.2, 0.25) is 0 Å². The van der Waals surface area contributed by atoms with E-state index in [0.29, 0.717) is 12.8 Å². The number of carboxylic acid groups (broad SMARTS) is 2. The highest BCUT2D eigenvalue weighted by Gasteiger charge is 2.33. The van der Waals surface area contributed by atoms with Crippen molar-refractivity contribution in [2.75, 3.05) is 0 Å². The molecule has 13 heavy (non-hydrogen) atoms. The van der Waals surface area contributed by atoms with E-state index in [1.807, 2.05) is 0 Å². The third-order valence-electron chi connectivity index (χ3n) is 2.07. The molecule has 1 rings (SSSR count). The van der Waals surface area contributed by atoms with E-state index in [9.17, 15) is 9.59 Å². The lowest BCUT2D eigenvalue weighted by Crippen LogP contribution is -2.30. The maximum atomic E-state index is 10.6. The largest absolute Gasteiger partial charge is 0.481 e. The molecule has 1 aliphatic rings. The molecule has 0 heterocycles. The summed E-state index contributed by atoms with van der Waals surface area (Å²) in [6.45, 7) is 0. The summed E-state index contributed by atoms with van der Waals surface area (Å²) in [6, 6.07) is 0. The van der Waals surface area contributed by atoms with Crippen LogP contribution in [0.4, 0.5) is 0 Å². The molecule has 0 amide bonds. The van der Waals surface area contributed by atoms with E-state index in [2.05, 4.69) is 0 Å². The first kappa shape index (κ1) is 12.2. The zero-order valence-electron chi connectivity index (χ0n) is 6.43. The van der Waals surface area contributed by atoms with Crippen LogP contribution in [-0.4, -0.2) is 39.5 Å². The SMILES string of the molecule is O=C(O)C1CC=CCC1C(=O)O.[AlH3]. The fraction of sp³-hybridized carbons (Fsp3) is 0.500. The van der Waals surface area contributed by atoms with Gasteiger partial charge in [0, 0.05) is 0 Å². The van der Waals surface area contributed by atoms with E-state index >= 15 is 0 Å². The summed E-state index contributed by atoms with van der Waals surface area (Å²) >= 11 is 0. The van der Waals surface area contributed by atoms with Crippen LogP contribution in [-0.2, 0) is 9.59 Å². The summed E-state index contributed by atoms with van der Waals surface area (Å²) in [5.41, 5.74) is 0. The Bertz CT molecular complexity index is 212. The molecule has 1 aliphatic carbocycles. The van der Waals surface area contributed by atoms with Gasteiger partial charge in [0.15, 0.2) is 17.4 Å². The molecule has 0 aromatic carbocycles. The van der Waals surface area contributed by atoms with Gasteiger partial charge in [-0.2, -0.15) is 0 Å². The van der Waals surface area contributed by atoms with Gasteiger partial charge in [0.1, 0.15) is 0 Å². The second kappa shape index (κ2) is 5.05. The van der Waals surface area contributed by atoms with E-state index in [0.717, 1.165) is 0 Å². The first-order chi connectivity index (χ1) is 5.63. The topological polar surface area (TPSA) is 74.6 Å². The minimum atomic E-state index is -1.02. The molecule has 0 aromatic rings. The van der Waals surface area contributed by atoms with Gasteiger partial charge in [0.25, 0.3) is 0 Å². The third kappa shape index (κ3) is 2.87. The molecule has 0 radical (unpaired) electrons. The standard InChI is InChI=1S/C8H10O4.Al.3H/c9-7(10)5-3-1-2-4-6(5)8(11)12;;;;/h1-2,5-6H,3-4H2,(H,9,10)(H,11,12);;;;. The molecular weight excluding hydrogens is 187 g/mol. The van der Waals surface area contributed by atoms with Gasteiger partial charge < -0.3 is 10.2 Å². The molecule has 0 bridgehead atoms. The van der Waals surface area contributed by atoms with E-state index in [-0.39, 0.29) is 17.4 Å². The van der Waals surface area contributed by atoms with Crippen molar-refractivity contribution in [1.29, 1.82) is 0 Å². The predicted molar refractivity (Wildman–Crippen MR) is 50.6 cm³/mol. The van der Waals surface area contributed by atoms with Crippen LogP contribution in [0.25, 0.3) is 0 Å². The lowest BCUT2D eigenvalue weighted by molar-refractivity contribution is -0.153. The fourth-order valence-corrected chi connectivity index (χ4v) is 1.36. The van der Waals surface area contributed by atoms with E-state index < -0.39 is 23.8 Å². The fourth-order valence-electron chi connectivity index (χ4n) is 1.36. The van der Waals surface area contributed by atoms with Gasteiger partial charge in [-0.05, 0) is 12.8 Å². The summed E-state index contributed by atoms with van der Waals surface area (Å²) in [6.07, 6.45) is 4.09. The molecule has 0 spiro atoms. The highest BCUT2D eigenvalue weighted by Crippen LogP contribution is 2.25. The van der Waals surface area contributed by atoms with Gasteiger partial charge >= 0.3 is 11.9 Å². The quantitative estimate of drug-likeness (QED) is 0.468. The van der Waals surface area contributed by atoms with Crippen molar-refractivity contribution < 1.29 is 19.8 Å². The maximum Gasteiger partial charge on any atom is 0.307 e. The van der Waals surface area contributed by atoms with Crippen LogP contribution in [0, 0.1) is 11.8 Å². The Morgan fingerprint density at radius 3 is 1.54 bits per heavy atom. The normalized spacial score (nSPS) is 26.2. The van der Waals surface area contributed by atoms with Crippen molar-refractivity contribution in [2.24, 2.45) is 11.8 Å². The summed E-state index contributed by atoms with van der Waals surface area (Å²) in [5.74, 6) is -3.56. The molecule has 0 saturated carbocycles. The first-order valence-electron chi connectivity index (χ1n) is 3.73. The summed E-state index contributed by atoms with van der Waals surface area (Å²) in [4.78, 5) is 21.1. The Morgan fingerprint density at radius 1 is 1.00 bits per heavy atom. The van der Waals surface area contributed by atoms with Crippen LogP contribution >= 0.6 is 0 Å². The Labute approximate surface area is 86.4 Å². The average molecular weight is 200 g/mol. The lowest BCUT2D eigenvalue weighted by atomic mass is 9.83. The molecule has 2 N–H and O–H groups in total. The van der Waals surface area contributed by atoms with Gasteiger partial charge in [0.2, 0.25) is 0 Å². The van der Waals surface area contributed by atoms with Gasteiger partial charge in [-0.15, -0.1) is 0 Å². The second-order valence-corrected chi connectivity index (χ2v) is 2.83. The first-order valence-corrected chi connectivity index (χ1v) is 3.73. The number of carbonyl (C=O) groups is 2. The van der Waals surface area contributed by atoms with Gasteiger partial charge in [-0.25, -0.2) is 0 Å². The molecule has 2 unspecified atom stereocenters. The molecule has 2 atom stereocenters. The molecule has 72 valence electrons. The zero-order valence-corrected chi connectivity index (χ0v) is 6.43. The molecule has 0 aromatic heterocycles. The molecule has 0 saturated heterocycles. The van der Waals surface area contributed by atoms with Crippen LogP contribution < -0.4 is 0 Å². The van der Waals surface area contributed by atoms with Crippen molar-refractivity contribution in [1.82, 2.24) is 0 Å². The van der Waals surface area contributed by atoms with Crippen molar-refractivity contribution in [3.05, 3.63) is 12.2 Å². The summed E-state index contributed by atoms with van der Waals surface area (Å²) < 4.78 is 0. The molecule has 5 heteroatoms. The molecule has 4 nitrogen and oxygen atoms in total. The van der Waals surface area contributed by atoms with Gasteiger partial charge in [0.05, 0.1) is 11.8 Å². The Morgan fingerprint density at radius 2 is 1.31 bits per heavy atom. The average Bonchev–Trinajstić information content (AvgIpc) is 2.04. The van der Waals surface area contributed by atoms with Crippen molar-refractivity contribution in [3.63, 3.8) is 0 Å². The molecular formula is C8H13AlO4. The highest BCUT2D eigenvalue weighted by molar-refractivity contribution is 5.80. The number of hydrogen-bond donors (Lipinski definition) is 2. The summed E-state index contributed by atoms with van der Waals surface area (Å²) in [7, 11) is 0. The number of hydrogen-bond acceptors (Lipinski definition) is 2. The van der Waals surface area contributed by atoms with Crippen LogP contribution in [0.1, 0.15) is 12.8 Å². The Hall–Kier alpha value is -0.788. The van der Waals surface area contributed by atoms with Crippen LogP contribution in [0.15, 0.2) is 12.2 Å². The number of rotatable bonds is 2. The molecule has 0 fully saturated rings. The lowest BCUT2D eigenvalue weighted by Gasteiger charge is -2.20. The number of carboxylic acids is 2. The maximum absolute atomic E-state index is 10.6. The Kier molecular flexibility index (Phi) is 4.75. The Balaban J connectivity index is 0.00000144.